The maximum Gasteiger partial charge on any atom is 0.124 e. The van der Waals surface area contributed by atoms with Gasteiger partial charge in [0.05, 0.1) is 12.2 Å². The third-order valence-corrected chi connectivity index (χ3v) is 3.15. The van der Waals surface area contributed by atoms with Crippen molar-refractivity contribution in [3.05, 3.63) is 47.7 Å². The van der Waals surface area contributed by atoms with Gasteiger partial charge in [-0.15, -0.1) is 0 Å². The molecule has 0 saturated heterocycles. The molecular formula is C13H15N3. The Morgan fingerprint density at radius 2 is 2.06 bits per heavy atom. The van der Waals surface area contributed by atoms with Crippen LogP contribution in [0.25, 0.3) is 0 Å². The number of rotatable bonds is 1. The Morgan fingerprint density at radius 3 is 2.88 bits per heavy atom. The Labute approximate surface area is 95.1 Å². The first-order chi connectivity index (χ1) is 7.84. The number of nitrogens with zero attached hydrogens (tertiary/aromatic N) is 2. The highest BCUT2D eigenvalue weighted by Crippen LogP contribution is 2.28. The largest absolute Gasteiger partial charge is 0.370 e. The highest BCUT2D eigenvalue weighted by molar-refractivity contribution is 5.39. The molecule has 0 aliphatic carbocycles. The summed E-state index contributed by atoms with van der Waals surface area (Å²) in [6.45, 7) is 3.13. The van der Waals surface area contributed by atoms with E-state index in [2.05, 4.69) is 46.3 Å². The summed E-state index contributed by atoms with van der Waals surface area (Å²) in [7, 11) is 0. The highest BCUT2D eigenvalue weighted by Gasteiger charge is 2.20. The van der Waals surface area contributed by atoms with Crippen molar-refractivity contribution >= 4 is 5.82 Å². The van der Waals surface area contributed by atoms with Gasteiger partial charge in [0.1, 0.15) is 5.82 Å². The minimum absolute atomic E-state index is 0.381. The summed E-state index contributed by atoms with van der Waals surface area (Å²) in [5, 5.41) is 7.75. The van der Waals surface area contributed by atoms with E-state index in [1.165, 1.54) is 11.1 Å². The van der Waals surface area contributed by atoms with Gasteiger partial charge in [0.15, 0.2) is 0 Å². The Hall–Kier alpha value is -1.77. The van der Waals surface area contributed by atoms with Crippen LogP contribution >= 0.6 is 0 Å². The van der Waals surface area contributed by atoms with Gasteiger partial charge in [-0.05, 0) is 18.9 Å². The first kappa shape index (κ1) is 9.46. The Morgan fingerprint density at radius 1 is 1.25 bits per heavy atom. The Bertz CT molecular complexity index is 484. The fraction of sp³-hybridized carbons (Fsp3) is 0.308. The van der Waals surface area contributed by atoms with E-state index in [0.717, 1.165) is 18.8 Å². The maximum absolute atomic E-state index is 4.39. The second-order valence-corrected chi connectivity index (χ2v) is 4.30. The Balaban J connectivity index is 2.00. The van der Waals surface area contributed by atoms with Gasteiger partial charge in [-0.1, -0.05) is 29.8 Å². The molecule has 0 radical (unpaired) electrons. The highest BCUT2D eigenvalue weighted by atomic mass is 15.4. The SMILES string of the molecule is Cc1ccc(C2CCNc3ccnn32)cc1. The third-order valence-electron chi connectivity index (χ3n) is 3.15. The number of aromatic nitrogens is 2. The molecule has 82 valence electrons. The molecule has 16 heavy (non-hydrogen) atoms. The standard InChI is InChI=1S/C13H15N3/c1-10-2-4-11(5-3-10)12-6-8-14-13-7-9-15-16(12)13/h2-5,7,9,12,14H,6,8H2,1H3. The minimum Gasteiger partial charge on any atom is -0.370 e. The summed E-state index contributed by atoms with van der Waals surface area (Å²) < 4.78 is 2.08. The molecule has 1 atom stereocenters. The zero-order valence-corrected chi connectivity index (χ0v) is 9.35. The minimum atomic E-state index is 0.381. The lowest BCUT2D eigenvalue weighted by Gasteiger charge is -2.26. The van der Waals surface area contributed by atoms with Gasteiger partial charge < -0.3 is 5.32 Å². The smallest absolute Gasteiger partial charge is 0.124 e. The van der Waals surface area contributed by atoms with Crippen molar-refractivity contribution in [3.8, 4) is 0 Å². The number of anilines is 1. The zero-order chi connectivity index (χ0) is 11.0. The third kappa shape index (κ3) is 1.48. The van der Waals surface area contributed by atoms with Crippen LogP contribution in [0, 0.1) is 6.92 Å². The number of nitrogens with one attached hydrogen (secondary N) is 1. The van der Waals surface area contributed by atoms with Crippen molar-refractivity contribution in [2.24, 2.45) is 0 Å². The number of fused-ring (bicyclic) bond motifs is 1. The average Bonchev–Trinajstić information content (AvgIpc) is 2.78. The first-order valence-electron chi connectivity index (χ1n) is 5.68. The molecule has 3 nitrogen and oxygen atoms in total. The topological polar surface area (TPSA) is 29.9 Å². The zero-order valence-electron chi connectivity index (χ0n) is 9.35. The molecule has 3 rings (SSSR count). The summed E-state index contributed by atoms with van der Waals surface area (Å²) in [5.41, 5.74) is 2.65. The molecule has 0 bridgehead atoms. The molecule has 1 aliphatic heterocycles. The predicted molar refractivity (Wildman–Crippen MR) is 64.7 cm³/mol. The summed E-state index contributed by atoms with van der Waals surface area (Å²) in [6.07, 6.45) is 2.95. The second-order valence-electron chi connectivity index (χ2n) is 4.30. The van der Waals surface area contributed by atoms with Gasteiger partial charge in [0.25, 0.3) is 0 Å². The second kappa shape index (κ2) is 3.67. The van der Waals surface area contributed by atoms with Gasteiger partial charge in [-0.3, -0.25) is 0 Å². The van der Waals surface area contributed by atoms with Crippen LogP contribution in [-0.2, 0) is 0 Å². The fourth-order valence-corrected chi connectivity index (χ4v) is 2.26. The molecular weight excluding hydrogens is 198 g/mol. The van der Waals surface area contributed by atoms with Crippen molar-refractivity contribution in [1.29, 1.82) is 0 Å². The van der Waals surface area contributed by atoms with Gasteiger partial charge in [0, 0.05) is 12.6 Å². The van der Waals surface area contributed by atoms with E-state index >= 15 is 0 Å². The van der Waals surface area contributed by atoms with Crippen molar-refractivity contribution in [1.82, 2.24) is 9.78 Å². The van der Waals surface area contributed by atoms with Gasteiger partial charge in [-0.2, -0.15) is 5.10 Å². The summed E-state index contributed by atoms with van der Waals surface area (Å²) in [6, 6.07) is 11.2. The van der Waals surface area contributed by atoms with Crippen LogP contribution in [0.2, 0.25) is 0 Å². The summed E-state index contributed by atoms with van der Waals surface area (Å²) in [4.78, 5) is 0. The number of hydrogen-bond acceptors (Lipinski definition) is 2. The predicted octanol–water partition coefficient (Wildman–Crippen LogP) is 2.60. The lowest BCUT2D eigenvalue weighted by Crippen LogP contribution is -2.24. The number of hydrogen-bond donors (Lipinski definition) is 1. The molecule has 0 amide bonds. The molecule has 1 aromatic carbocycles. The van der Waals surface area contributed by atoms with E-state index < -0.39 is 0 Å². The van der Waals surface area contributed by atoms with Crippen molar-refractivity contribution in [2.75, 3.05) is 11.9 Å². The maximum atomic E-state index is 4.39. The van der Waals surface area contributed by atoms with E-state index in [-0.39, 0.29) is 0 Å². The van der Waals surface area contributed by atoms with Gasteiger partial charge in [0.2, 0.25) is 0 Å². The summed E-state index contributed by atoms with van der Waals surface area (Å²) in [5.74, 6) is 1.12. The van der Waals surface area contributed by atoms with Crippen LogP contribution in [0.4, 0.5) is 5.82 Å². The Kier molecular flexibility index (Phi) is 2.17. The van der Waals surface area contributed by atoms with E-state index in [4.69, 9.17) is 0 Å². The fourth-order valence-electron chi connectivity index (χ4n) is 2.26. The first-order valence-corrected chi connectivity index (χ1v) is 5.68. The molecule has 0 saturated carbocycles. The number of aryl methyl sites for hydroxylation is 1. The van der Waals surface area contributed by atoms with Gasteiger partial charge >= 0.3 is 0 Å². The van der Waals surface area contributed by atoms with Crippen LogP contribution in [0.3, 0.4) is 0 Å². The van der Waals surface area contributed by atoms with Crippen molar-refractivity contribution < 1.29 is 0 Å². The van der Waals surface area contributed by atoms with E-state index in [0.29, 0.717) is 6.04 Å². The lowest BCUT2D eigenvalue weighted by atomic mass is 10.0. The van der Waals surface area contributed by atoms with Crippen molar-refractivity contribution in [3.63, 3.8) is 0 Å². The average molecular weight is 213 g/mol. The molecule has 2 heterocycles. The van der Waals surface area contributed by atoms with Gasteiger partial charge in [-0.25, -0.2) is 4.68 Å². The van der Waals surface area contributed by atoms with Crippen molar-refractivity contribution in [2.45, 2.75) is 19.4 Å². The number of benzene rings is 1. The summed E-state index contributed by atoms with van der Waals surface area (Å²) >= 11 is 0. The molecule has 2 aromatic rings. The van der Waals surface area contributed by atoms with Crippen LogP contribution in [0.1, 0.15) is 23.6 Å². The molecule has 1 N–H and O–H groups in total. The quantitative estimate of drug-likeness (QED) is 0.789. The van der Waals surface area contributed by atoms with Crippen LogP contribution in [0.15, 0.2) is 36.5 Å². The van der Waals surface area contributed by atoms with E-state index in [1.807, 2.05) is 12.3 Å². The molecule has 0 fully saturated rings. The monoisotopic (exact) mass is 213 g/mol. The van der Waals surface area contributed by atoms with Crippen LogP contribution in [-0.4, -0.2) is 16.3 Å². The van der Waals surface area contributed by atoms with Crippen LogP contribution in [0.5, 0.6) is 0 Å². The molecule has 0 spiro atoms. The molecule has 1 unspecified atom stereocenters. The molecule has 3 heteroatoms. The molecule has 1 aromatic heterocycles. The normalized spacial score (nSPS) is 18.9. The molecule has 1 aliphatic rings. The van der Waals surface area contributed by atoms with E-state index in [9.17, 15) is 0 Å². The van der Waals surface area contributed by atoms with Crippen LogP contribution < -0.4 is 5.32 Å². The van der Waals surface area contributed by atoms with E-state index in [1.54, 1.807) is 0 Å². The lowest BCUT2D eigenvalue weighted by molar-refractivity contribution is 0.482.